The van der Waals surface area contributed by atoms with Gasteiger partial charge in [0.1, 0.15) is 5.82 Å². The van der Waals surface area contributed by atoms with Crippen molar-refractivity contribution in [2.45, 2.75) is 25.1 Å². The molecule has 0 radical (unpaired) electrons. The highest BCUT2D eigenvalue weighted by Gasteiger charge is 2.33. The van der Waals surface area contributed by atoms with Crippen LogP contribution in [0.25, 0.3) is 0 Å². The van der Waals surface area contributed by atoms with Gasteiger partial charge in [-0.15, -0.1) is 0 Å². The Morgan fingerprint density at radius 1 is 1.45 bits per heavy atom. The van der Waals surface area contributed by atoms with E-state index in [1.165, 1.54) is 12.3 Å². The van der Waals surface area contributed by atoms with Crippen LogP contribution < -0.4 is 5.32 Å². The van der Waals surface area contributed by atoms with Crippen molar-refractivity contribution in [2.75, 3.05) is 31.7 Å². The standard InChI is InChI=1S/C13H17F3N2O2/c14-13(15,16)11-4-1-5-17-12(11)18-6-8-19-9-10-3-2-7-20-10/h1,4-5,10H,2-3,6-9H2,(H,17,18). The third-order valence-electron chi connectivity index (χ3n) is 2.98. The van der Waals surface area contributed by atoms with Crippen LogP contribution in [0.4, 0.5) is 19.0 Å². The first-order valence-corrected chi connectivity index (χ1v) is 6.53. The predicted octanol–water partition coefficient (Wildman–Crippen LogP) is 2.71. The van der Waals surface area contributed by atoms with Crippen LogP contribution in [0.2, 0.25) is 0 Å². The van der Waals surface area contributed by atoms with Crippen LogP contribution >= 0.6 is 0 Å². The van der Waals surface area contributed by atoms with Crippen molar-refractivity contribution in [3.05, 3.63) is 23.9 Å². The summed E-state index contributed by atoms with van der Waals surface area (Å²) in [5.74, 6) is -0.166. The summed E-state index contributed by atoms with van der Waals surface area (Å²) in [6, 6.07) is 2.27. The average molecular weight is 290 g/mol. The molecule has 112 valence electrons. The number of aromatic nitrogens is 1. The fourth-order valence-corrected chi connectivity index (χ4v) is 2.01. The van der Waals surface area contributed by atoms with E-state index in [4.69, 9.17) is 9.47 Å². The number of halogens is 3. The first kappa shape index (κ1) is 15.1. The van der Waals surface area contributed by atoms with Crippen LogP contribution in [-0.2, 0) is 15.7 Å². The molecule has 7 heteroatoms. The van der Waals surface area contributed by atoms with E-state index in [0.29, 0.717) is 13.2 Å². The molecule has 1 N–H and O–H groups in total. The van der Waals surface area contributed by atoms with Crippen LogP contribution in [0.15, 0.2) is 18.3 Å². The Labute approximate surface area is 115 Å². The lowest BCUT2D eigenvalue weighted by Gasteiger charge is -2.14. The van der Waals surface area contributed by atoms with E-state index in [2.05, 4.69) is 10.3 Å². The number of ether oxygens (including phenoxy) is 2. The van der Waals surface area contributed by atoms with Gasteiger partial charge in [0.2, 0.25) is 0 Å². The molecular weight excluding hydrogens is 273 g/mol. The molecule has 0 saturated carbocycles. The number of hydrogen-bond donors (Lipinski definition) is 1. The number of alkyl halides is 3. The van der Waals surface area contributed by atoms with Gasteiger partial charge >= 0.3 is 6.18 Å². The van der Waals surface area contributed by atoms with E-state index in [1.807, 2.05) is 0 Å². The minimum atomic E-state index is -4.41. The molecule has 4 nitrogen and oxygen atoms in total. The number of anilines is 1. The van der Waals surface area contributed by atoms with Crippen molar-refractivity contribution in [3.8, 4) is 0 Å². The van der Waals surface area contributed by atoms with Gasteiger partial charge in [0.25, 0.3) is 0 Å². The van der Waals surface area contributed by atoms with Crippen LogP contribution in [0.5, 0.6) is 0 Å². The predicted molar refractivity (Wildman–Crippen MR) is 67.5 cm³/mol. The SMILES string of the molecule is FC(F)(F)c1cccnc1NCCOCC1CCCO1. The molecule has 0 amide bonds. The van der Waals surface area contributed by atoms with Crippen molar-refractivity contribution >= 4 is 5.82 Å². The number of rotatable bonds is 6. The van der Waals surface area contributed by atoms with E-state index >= 15 is 0 Å². The van der Waals surface area contributed by atoms with Gasteiger partial charge in [0.15, 0.2) is 0 Å². The maximum Gasteiger partial charge on any atom is 0.419 e. The summed E-state index contributed by atoms with van der Waals surface area (Å²) in [5, 5.41) is 2.65. The zero-order chi connectivity index (χ0) is 14.4. The van der Waals surface area contributed by atoms with Gasteiger partial charge in [-0.1, -0.05) is 0 Å². The van der Waals surface area contributed by atoms with E-state index in [-0.39, 0.29) is 18.5 Å². The minimum Gasteiger partial charge on any atom is -0.377 e. The number of pyridine rings is 1. The topological polar surface area (TPSA) is 43.4 Å². The molecule has 1 aromatic heterocycles. The molecule has 1 fully saturated rings. The first-order valence-electron chi connectivity index (χ1n) is 6.53. The summed E-state index contributed by atoms with van der Waals surface area (Å²) in [7, 11) is 0. The van der Waals surface area contributed by atoms with Gasteiger partial charge in [0, 0.05) is 19.3 Å². The molecule has 0 aromatic carbocycles. The smallest absolute Gasteiger partial charge is 0.377 e. The zero-order valence-electron chi connectivity index (χ0n) is 10.9. The second kappa shape index (κ2) is 6.90. The van der Waals surface area contributed by atoms with E-state index in [9.17, 15) is 13.2 Å². The van der Waals surface area contributed by atoms with Crippen molar-refractivity contribution in [1.82, 2.24) is 4.98 Å². The van der Waals surface area contributed by atoms with Crippen molar-refractivity contribution < 1.29 is 22.6 Å². The van der Waals surface area contributed by atoms with E-state index in [1.54, 1.807) is 0 Å². The maximum absolute atomic E-state index is 12.7. The lowest BCUT2D eigenvalue weighted by Crippen LogP contribution is -2.19. The molecule has 1 atom stereocenters. The lowest BCUT2D eigenvalue weighted by molar-refractivity contribution is -0.137. The van der Waals surface area contributed by atoms with Crippen LogP contribution in [-0.4, -0.2) is 37.5 Å². The van der Waals surface area contributed by atoms with Crippen LogP contribution in [0, 0.1) is 0 Å². The Morgan fingerprint density at radius 2 is 2.30 bits per heavy atom. The summed E-state index contributed by atoms with van der Waals surface area (Å²) < 4.78 is 48.8. The molecule has 0 bridgehead atoms. The summed E-state index contributed by atoms with van der Waals surface area (Å²) in [5.41, 5.74) is -0.765. The molecule has 2 heterocycles. The molecular formula is C13H17F3N2O2. The second-order valence-electron chi connectivity index (χ2n) is 4.53. The number of nitrogens with zero attached hydrogens (tertiary/aromatic N) is 1. The number of nitrogens with one attached hydrogen (secondary N) is 1. The normalized spacial score (nSPS) is 19.2. The quantitative estimate of drug-likeness (QED) is 0.818. The third kappa shape index (κ3) is 4.35. The monoisotopic (exact) mass is 290 g/mol. The van der Waals surface area contributed by atoms with Gasteiger partial charge < -0.3 is 14.8 Å². The largest absolute Gasteiger partial charge is 0.419 e. The van der Waals surface area contributed by atoms with Gasteiger partial charge in [-0.05, 0) is 25.0 Å². The van der Waals surface area contributed by atoms with E-state index in [0.717, 1.165) is 25.5 Å². The summed E-state index contributed by atoms with van der Waals surface area (Å²) in [6.07, 6.45) is -0.948. The molecule has 0 spiro atoms. The fourth-order valence-electron chi connectivity index (χ4n) is 2.01. The molecule has 2 rings (SSSR count). The number of hydrogen-bond acceptors (Lipinski definition) is 4. The minimum absolute atomic E-state index is 0.121. The molecule has 20 heavy (non-hydrogen) atoms. The highest BCUT2D eigenvalue weighted by atomic mass is 19.4. The Morgan fingerprint density at radius 3 is 3.00 bits per heavy atom. The highest BCUT2D eigenvalue weighted by molar-refractivity contribution is 5.45. The summed E-state index contributed by atoms with van der Waals surface area (Å²) in [4.78, 5) is 3.71. The summed E-state index contributed by atoms with van der Waals surface area (Å²) >= 11 is 0. The van der Waals surface area contributed by atoms with Crippen LogP contribution in [0.1, 0.15) is 18.4 Å². The molecule has 1 saturated heterocycles. The Bertz CT molecular complexity index is 420. The highest BCUT2D eigenvalue weighted by Crippen LogP contribution is 2.33. The molecule has 1 unspecified atom stereocenters. The molecule has 1 aliphatic heterocycles. The fraction of sp³-hybridized carbons (Fsp3) is 0.615. The molecule has 1 aromatic rings. The van der Waals surface area contributed by atoms with Crippen LogP contribution in [0.3, 0.4) is 0 Å². The van der Waals surface area contributed by atoms with E-state index < -0.39 is 11.7 Å². The van der Waals surface area contributed by atoms with Crippen molar-refractivity contribution in [3.63, 3.8) is 0 Å². The molecule has 1 aliphatic rings. The van der Waals surface area contributed by atoms with Gasteiger partial charge in [-0.2, -0.15) is 13.2 Å². The van der Waals surface area contributed by atoms with Gasteiger partial charge in [0.05, 0.1) is 24.9 Å². The third-order valence-corrected chi connectivity index (χ3v) is 2.98. The maximum atomic E-state index is 12.7. The lowest BCUT2D eigenvalue weighted by atomic mass is 10.2. The second-order valence-corrected chi connectivity index (χ2v) is 4.53. The Hall–Kier alpha value is -1.34. The van der Waals surface area contributed by atoms with Crippen molar-refractivity contribution in [1.29, 1.82) is 0 Å². The van der Waals surface area contributed by atoms with Gasteiger partial charge in [-0.3, -0.25) is 0 Å². The van der Waals surface area contributed by atoms with Crippen molar-refractivity contribution in [2.24, 2.45) is 0 Å². The Kier molecular flexibility index (Phi) is 5.19. The average Bonchev–Trinajstić information content (AvgIpc) is 2.91. The Balaban J connectivity index is 1.73. The zero-order valence-corrected chi connectivity index (χ0v) is 10.9. The molecule has 0 aliphatic carbocycles. The van der Waals surface area contributed by atoms with Gasteiger partial charge in [-0.25, -0.2) is 4.98 Å². The first-order chi connectivity index (χ1) is 9.57. The summed E-state index contributed by atoms with van der Waals surface area (Å²) in [6.45, 7) is 1.83.